The van der Waals surface area contributed by atoms with Gasteiger partial charge in [0.2, 0.25) is 0 Å². The first-order valence-corrected chi connectivity index (χ1v) is 5.46. The number of benzene rings is 1. The van der Waals surface area contributed by atoms with Gasteiger partial charge in [0.25, 0.3) is 0 Å². The topological polar surface area (TPSA) is 26.3 Å². The third-order valence-corrected chi connectivity index (χ3v) is 2.40. The van der Waals surface area contributed by atoms with Crippen molar-refractivity contribution < 1.29 is 9.53 Å². The van der Waals surface area contributed by atoms with Crippen molar-refractivity contribution in [2.45, 2.75) is 19.3 Å². The fourth-order valence-electron chi connectivity index (χ4n) is 1.40. The summed E-state index contributed by atoms with van der Waals surface area (Å²) in [7, 11) is 0. The van der Waals surface area contributed by atoms with Crippen LogP contribution < -0.4 is 0 Å². The van der Waals surface area contributed by atoms with E-state index in [0.29, 0.717) is 6.42 Å². The highest BCUT2D eigenvalue weighted by Gasteiger charge is 2.10. The molecule has 0 unspecified atom stereocenters. The van der Waals surface area contributed by atoms with E-state index in [2.05, 4.69) is 0 Å². The van der Waals surface area contributed by atoms with Crippen LogP contribution in [0.25, 0.3) is 6.08 Å². The van der Waals surface area contributed by atoms with E-state index >= 15 is 0 Å². The van der Waals surface area contributed by atoms with Crippen LogP contribution in [0.2, 0.25) is 0 Å². The molecule has 0 heterocycles. The Balaban J connectivity index is 1.78. The van der Waals surface area contributed by atoms with Gasteiger partial charge in [-0.2, -0.15) is 0 Å². The molecule has 2 nitrogen and oxygen atoms in total. The minimum atomic E-state index is -0.182. The summed E-state index contributed by atoms with van der Waals surface area (Å²) < 4.78 is 5.10. The van der Waals surface area contributed by atoms with Gasteiger partial charge in [0, 0.05) is 6.42 Å². The lowest BCUT2D eigenvalue weighted by Crippen LogP contribution is -2.06. The van der Waals surface area contributed by atoms with Crippen molar-refractivity contribution in [3.05, 3.63) is 53.8 Å². The smallest absolute Gasteiger partial charge is 0.314 e. The SMILES string of the molecule is O=C(CC=Cc1ccccc1)OC1=CCC1. The van der Waals surface area contributed by atoms with Crippen molar-refractivity contribution in [3.8, 4) is 0 Å². The second-order valence-electron chi connectivity index (χ2n) is 3.70. The van der Waals surface area contributed by atoms with E-state index in [0.717, 1.165) is 24.2 Å². The van der Waals surface area contributed by atoms with Crippen molar-refractivity contribution in [1.29, 1.82) is 0 Å². The van der Waals surface area contributed by atoms with E-state index in [-0.39, 0.29) is 5.97 Å². The molecule has 0 N–H and O–H groups in total. The molecule has 2 rings (SSSR count). The monoisotopic (exact) mass is 214 g/mol. The highest BCUT2D eigenvalue weighted by atomic mass is 16.5. The van der Waals surface area contributed by atoms with Gasteiger partial charge in [-0.15, -0.1) is 0 Å². The lowest BCUT2D eigenvalue weighted by Gasteiger charge is -2.12. The van der Waals surface area contributed by atoms with Gasteiger partial charge < -0.3 is 4.74 Å². The lowest BCUT2D eigenvalue weighted by molar-refractivity contribution is -0.139. The molecule has 16 heavy (non-hydrogen) atoms. The van der Waals surface area contributed by atoms with E-state index in [1.807, 2.05) is 48.6 Å². The highest BCUT2D eigenvalue weighted by molar-refractivity contribution is 5.73. The van der Waals surface area contributed by atoms with Crippen LogP contribution in [0.4, 0.5) is 0 Å². The molecule has 0 saturated carbocycles. The van der Waals surface area contributed by atoms with Crippen LogP contribution in [0.3, 0.4) is 0 Å². The van der Waals surface area contributed by atoms with Gasteiger partial charge in [-0.05, 0) is 18.1 Å². The van der Waals surface area contributed by atoms with E-state index in [1.165, 1.54) is 0 Å². The minimum Gasteiger partial charge on any atom is -0.431 e. The summed E-state index contributed by atoms with van der Waals surface area (Å²) in [5.74, 6) is 0.635. The number of hydrogen-bond donors (Lipinski definition) is 0. The Labute approximate surface area is 95.2 Å². The fraction of sp³-hybridized carbons (Fsp3) is 0.214. The molecule has 1 aromatic carbocycles. The second kappa shape index (κ2) is 5.31. The molecule has 0 fully saturated rings. The summed E-state index contributed by atoms with van der Waals surface area (Å²) in [5.41, 5.74) is 1.10. The maximum atomic E-state index is 11.3. The predicted molar refractivity (Wildman–Crippen MR) is 63.5 cm³/mol. The lowest BCUT2D eigenvalue weighted by atomic mass is 10.1. The first-order chi connectivity index (χ1) is 7.84. The molecule has 1 aliphatic rings. The van der Waals surface area contributed by atoms with Gasteiger partial charge in [0.05, 0.1) is 6.42 Å². The van der Waals surface area contributed by atoms with E-state index < -0.39 is 0 Å². The van der Waals surface area contributed by atoms with E-state index in [4.69, 9.17) is 4.74 Å². The molecule has 0 saturated heterocycles. The molecule has 82 valence electrons. The molecule has 0 bridgehead atoms. The summed E-state index contributed by atoms with van der Waals surface area (Å²) in [4.78, 5) is 11.3. The number of ether oxygens (including phenoxy) is 1. The van der Waals surface area contributed by atoms with Gasteiger partial charge >= 0.3 is 5.97 Å². The Morgan fingerprint density at radius 1 is 1.31 bits per heavy atom. The van der Waals surface area contributed by atoms with Crippen molar-refractivity contribution in [2.75, 3.05) is 0 Å². The largest absolute Gasteiger partial charge is 0.431 e. The first-order valence-electron chi connectivity index (χ1n) is 5.46. The predicted octanol–water partition coefficient (Wildman–Crippen LogP) is 3.31. The Bertz CT molecular complexity index is 416. The van der Waals surface area contributed by atoms with E-state index in [1.54, 1.807) is 0 Å². The zero-order chi connectivity index (χ0) is 11.2. The molecule has 0 spiro atoms. The number of rotatable bonds is 4. The summed E-state index contributed by atoms with van der Waals surface area (Å²) in [5, 5.41) is 0. The molecule has 1 aromatic rings. The summed E-state index contributed by atoms with van der Waals surface area (Å²) in [6, 6.07) is 9.90. The normalized spacial score (nSPS) is 14.4. The molecule has 0 amide bonds. The van der Waals surface area contributed by atoms with Crippen molar-refractivity contribution in [3.63, 3.8) is 0 Å². The van der Waals surface area contributed by atoms with Gasteiger partial charge in [-0.3, -0.25) is 4.79 Å². The Hall–Kier alpha value is -1.83. The number of hydrogen-bond acceptors (Lipinski definition) is 2. The Kier molecular flexibility index (Phi) is 3.54. The summed E-state index contributed by atoms with van der Waals surface area (Å²) >= 11 is 0. The van der Waals surface area contributed by atoms with Crippen molar-refractivity contribution in [1.82, 2.24) is 0 Å². The van der Waals surface area contributed by atoms with Crippen LogP contribution in [-0.2, 0) is 9.53 Å². The van der Waals surface area contributed by atoms with Crippen LogP contribution in [-0.4, -0.2) is 5.97 Å². The number of carbonyl (C=O) groups is 1. The summed E-state index contributed by atoms with van der Waals surface area (Å²) in [6.45, 7) is 0. The van der Waals surface area contributed by atoms with Crippen LogP contribution in [0.5, 0.6) is 0 Å². The molecular formula is C14H14O2. The first kappa shape index (κ1) is 10.7. The fourth-order valence-corrected chi connectivity index (χ4v) is 1.40. The molecule has 0 radical (unpaired) electrons. The number of allylic oxidation sites excluding steroid dienone is 2. The van der Waals surface area contributed by atoms with Gasteiger partial charge in [-0.1, -0.05) is 42.5 Å². The molecular weight excluding hydrogens is 200 g/mol. The zero-order valence-electron chi connectivity index (χ0n) is 9.06. The standard InChI is InChI=1S/C14H14O2/c15-14(16-13-9-5-10-13)11-4-8-12-6-2-1-3-7-12/h1-4,6-9H,5,10-11H2. The molecule has 2 heteroatoms. The summed E-state index contributed by atoms with van der Waals surface area (Å²) in [6.07, 6.45) is 7.95. The molecule has 0 aromatic heterocycles. The Morgan fingerprint density at radius 2 is 2.06 bits per heavy atom. The van der Waals surface area contributed by atoms with Crippen molar-refractivity contribution in [2.24, 2.45) is 0 Å². The quantitative estimate of drug-likeness (QED) is 0.719. The maximum absolute atomic E-state index is 11.3. The highest BCUT2D eigenvalue weighted by Crippen LogP contribution is 2.19. The third-order valence-electron chi connectivity index (χ3n) is 2.40. The third kappa shape index (κ3) is 3.09. The molecule has 0 atom stereocenters. The number of esters is 1. The maximum Gasteiger partial charge on any atom is 0.314 e. The van der Waals surface area contributed by atoms with Crippen LogP contribution in [0.1, 0.15) is 24.8 Å². The van der Waals surface area contributed by atoms with Crippen LogP contribution in [0.15, 0.2) is 48.2 Å². The average molecular weight is 214 g/mol. The second-order valence-corrected chi connectivity index (χ2v) is 3.70. The molecule has 1 aliphatic carbocycles. The van der Waals surface area contributed by atoms with E-state index in [9.17, 15) is 4.79 Å². The van der Waals surface area contributed by atoms with Gasteiger partial charge in [-0.25, -0.2) is 0 Å². The Morgan fingerprint density at radius 3 is 2.69 bits per heavy atom. The van der Waals surface area contributed by atoms with Crippen LogP contribution >= 0.6 is 0 Å². The minimum absolute atomic E-state index is 0.182. The van der Waals surface area contributed by atoms with Gasteiger partial charge in [0.15, 0.2) is 0 Å². The van der Waals surface area contributed by atoms with Gasteiger partial charge in [0.1, 0.15) is 5.76 Å². The van der Waals surface area contributed by atoms with Crippen LogP contribution in [0, 0.1) is 0 Å². The zero-order valence-corrected chi connectivity index (χ0v) is 9.06. The number of carbonyl (C=O) groups excluding carboxylic acids is 1. The molecule has 0 aliphatic heterocycles. The van der Waals surface area contributed by atoms with Crippen molar-refractivity contribution >= 4 is 12.0 Å². The average Bonchev–Trinajstić information content (AvgIpc) is 2.25.